The third kappa shape index (κ3) is 5.64. The van der Waals surface area contributed by atoms with Crippen LogP contribution in [0.2, 0.25) is 0 Å². The number of rotatable bonds is 7. The molecule has 0 spiro atoms. The van der Waals surface area contributed by atoms with Gasteiger partial charge in [-0.3, -0.25) is 0 Å². The monoisotopic (exact) mass is 313 g/mol. The van der Waals surface area contributed by atoms with Crippen molar-refractivity contribution in [1.82, 2.24) is 0 Å². The van der Waals surface area contributed by atoms with Crippen molar-refractivity contribution in [2.45, 2.75) is 20.1 Å². The molecule has 0 bridgehead atoms. The zero-order valence-electron chi connectivity index (χ0n) is 13.6. The number of methoxy groups -OCH3 is 1. The topological polar surface area (TPSA) is 68.9 Å². The maximum atomic E-state index is 5.91. The first-order chi connectivity index (χ1) is 11.2. The molecule has 0 aliphatic heterocycles. The third-order valence-corrected chi connectivity index (χ3v) is 3.29. The van der Waals surface area contributed by atoms with Gasteiger partial charge in [-0.1, -0.05) is 24.3 Å². The van der Waals surface area contributed by atoms with Crippen LogP contribution in [0.3, 0.4) is 0 Å². The number of hydrogen-bond acceptors (Lipinski definition) is 3. The Labute approximate surface area is 137 Å². The van der Waals surface area contributed by atoms with Crippen LogP contribution in [-0.2, 0) is 17.9 Å². The Morgan fingerprint density at radius 3 is 2.30 bits per heavy atom. The molecule has 2 aromatic rings. The fourth-order valence-corrected chi connectivity index (χ4v) is 2.00. The van der Waals surface area contributed by atoms with Crippen molar-refractivity contribution < 1.29 is 9.47 Å². The molecule has 0 atom stereocenters. The Bertz CT molecular complexity index is 622. The molecule has 0 amide bonds. The van der Waals surface area contributed by atoms with Crippen LogP contribution < -0.4 is 15.8 Å². The molecule has 23 heavy (non-hydrogen) atoms. The van der Waals surface area contributed by atoms with Gasteiger partial charge in [-0.25, -0.2) is 4.99 Å². The van der Waals surface area contributed by atoms with Crippen LogP contribution in [0.1, 0.15) is 18.1 Å². The van der Waals surface area contributed by atoms with Gasteiger partial charge >= 0.3 is 0 Å². The molecule has 0 unspecified atom stereocenters. The molecule has 2 aromatic carbocycles. The number of benzene rings is 2. The van der Waals surface area contributed by atoms with Crippen molar-refractivity contribution in [3.63, 3.8) is 0 Å². The highest BCUT2D eigenvalue weighted by molar-refractivity contribution is 5.92. The van der Waals surface area contributed by atoms with Gasteiger partial charge in [0.15, 0.2) is 5.96 Å². The normalized spacial score (nSPS) is 11.3. The van der Waals surface area contributed by atoms with E-state index in [-0.39, 0.29) is 0 Å². The summed E-state index contributed by atoms with van der Waals surface area (Å²) in [7, 11) is 1.64. The second-order valence-corrected chi connectivity index (χ2v) is 5.01. The van der Waals surface area contributed by atoms with Crippen molar-refractivity contribution in [2.75, 3.05) is 19.0 Å². The summed E-state index contributed by atoms with van der Waals surface area (Å²) in [6, 6.07) is 15.7. The third-order valence-electron chi connectivity index (χ3n) is 3.29. The Balaban J connectivity index is 1.88. The lowest BCUT2D eigenvalue weighted by Crippen LogP contribution is -2.22. The maximum Gasteiger partial charge on any atom is 0.193 e. The Hall–Kier alpha value is -2.53. The number of aliphatic imine (C=N–C) groups is 1. The number of anilines is 1. The molecule has 0 fully saturated rings. The van der Waals surface area contributed by atoms with E-state index in [1.54, 1.807) is 7.11 Å². The average molecular weight is 313 g/mol. The highest BCUT2D eigenvalue weighted by atomic mass is 16.5. The van der Waals surface area contributed by atoms with E-state index in [9.17, 15) is 0 Å². The molecule has 0 aliphatic carbocycles. The molecule has 5 nitrogen and oxygen atoms in total. The SMILES string of the molecule is CCOCc1ccc(CN=C(N)Nc2ccc(OC)cc2)cc1. The summed E-state index contributed by atoms with van der Waals surface area (Å²) in [6.07, 6.45) is 0. The molecule has 0 aromatic heterocycles. The predicted molar refractivity (Wildman–Crippen MR) is 93.7 cm³/mol. The Morgan fingerprint density at radius 1 is 1.04 bits per heavy atom. The largest absolute Gasteiger partial charge is 0.497 e. The van der Waals surface area contributed by atoms with E-state index in [1.165, 1.54) is 0 Å². The van der Waals surface area contributed by atoms with Gasteiger partial charge in [-0.2, -0.15) is 0 Å². The lowest BCUT2D eigenvalue weighted by molar-refractivity contribution is 0.134. The lowest BCUT2D eigenvalue weighted by atomic mass is 10.1. The van der Waals surface area contributed by atoms with Gasteiger partial charge in [0, 0.05) is 12.3 Å². The van der Waals surface area contributed by atoms with Crippen LogP contribution in [-0.4, -0.2) is 19.7 Å². The fourth-order valence-electron chi connectivity index (χ4n) is 2.00. The number of nitrogens with zero attached hydrogens (tertiary/aromatic N) is 1. The smallest absolute Gasteiger partial charge is 0.193 e. The van der Waals surface area contributed by atoms with E-state index in [0.717, 1.165) is 29.2 Å². The maximum absolute atomic E-state index is 5.91. The highest BCUT2D eigenvalue weighted by Gasteiger charge is 1.98. The average Bonchev–Trinajstić information content (AvgIpc) is 2.59. The minimum absolute atomic E-state index is 0.383. The first-order valence-corrected chi connectivity index (χ1v) is 7.58. The minimum Gasteiger partial charge on any atom is -0.497 e. The first-order valence-electron chi connectivity index (χ1n) is 7.58. The quantitative estimate of drug-likeness (QED) is 0.608. The van der Waals surface area contributed by atoms with Gasteiger partial charge in [0.25, 0.3) is 0 Å². The predicted octanol–water partition coefficient (Wildman–Crippen LogP) is 3.16. The van der Waals surface area contributed by atoms with E-state index in [4.69, 9.17) is 15.2 Å². The zero-order chi connectivity index (χ0) is 16.5. The summed E-state index contributed by atoms with van der Waals surface area (Å²) in [4.78, 5) is 4.34. The molecular weight excluding hydrogens is 290 g/mol. The number of nitrogens with two attached hydrogens (primary N) is 1. The van der Waals surface area contributed by atoms with Gasteiger partial charge < -0.3 is 20.5 Å². The van der Waals surface area contributed by atoms with Crippen LogP contribution >= 0.6 is 0 Å². The van der Waals surface area contributed by atoms with E-state index in [1.807, 2.05) is 55.5 Å². The van der Waals surface area contributed by atoms with E-state index in [0.29, 0.717) is 19.1 Å². The summed E-state index contributed by atoms with van der Waals surface area (Å²) >= 11 is 0. The van der Waals surface area contributed by atoms with Crippen molar-refractivity contribution in [3.8, 4) is 5.75 Å². The highest BCUT2D eigenvalue weighted by Crippen LogP contribution is 2.14. The molecule has 0 saturated carbocycles. The van der Waals surface area contributed by atoms with Gasteiger partial charge in [0.05, 0.1) is 20.3 Å². The standard InChI is InChI=1S/C18H23N3O2/c1-3-23-13-15-6-4-14(5-7-15)12-20-18(19)21-16-8-10-17(22-2)11-9-16/h4-11H,3,12-13H2,1-2H3,(H3,19,20,21). The van der Waals surface area contributed by atoms with Gasteiger partial charge in [-0.05, 0) is 42.3 Å². The van der Waals surface area contributed by atoms with Crippen LogP contribution in [0, 0.1) is 0 Å². The summed E-state index contributed by atoms with van der Waals surface area (Å²) in [6.45, 7) is 3.88. The number of guanidine groups is 1. The number of hydrogen-bond donors (Lipinski definition) is 2. The van der Waals surface area contributed by atoms with Crippen LogP contribution in [0.4, 0.5) is 5.69 Å². The molecule has 2 rings (SSSR count). The molecular formula is C18H23N3O2. The van der Waals surface area contributed by atoms with Crippen LogP contribution in [0.15, 0.2) is 53.5 Å². The zero-order valence-corrected chi connectivity index (χ0v) is 13.6. The molecule has 0 radical (unpaired) electrons. The summed E-state index contributed by atoms with van der Waals surface area (Å²) in [5, 5.41) is 3.05. The van der Waals surface area contributed by atoms with Crippen LogP contribution in [0.5, 0.6) is 5.75 Å². The molecule has 0 aliphatic rings. The summed E-state index contributed by atoms with van der Waals surface area (Å²) in [5.41, 5.74) is 9.04. The first kappa shape index (κ1) is 16.8. The number of nitrogens with one attached hydrogen (secondary N) is 1. The molecule has 0 saturated heterocycles. The van der Waals surface area contributed by atoms with E-state index >= 15 is 0 Å². The molecule has 3 N–H and O–H groups in total. The molecule has 122 valence electrons. The Morgan fingerprint density at radius 2 is 1.70 bits per heavy atom. The van der Waals surface area contributed by atoms with Crippen molar-refractivity contribution in [3.05, 3.63) is 59.7 Å². The second kappa shape index (κ2) is 8.80. The minimum atomic E-state index is 0.383. The molecule has 5 heteroatoms. The van der Waals surface area contributed by atoms with E-state index < -0.39 is 0 Å². The second-order valence-electron chi connectivity index (χ2n) is 5.01. The molecule has 0 heterocycles. The van der Waals surface area contributed by atoms with Crippen LogP contribution in [0.25, 0.3) is 0 Å². The van der Waals surface area contributed by atoms with Gasteiger partial charge in [0.2, 0.25) is 0 Å². The van der Waals surface area contributed by atoms with Crippen molar-refractivity contribution in [2.24, 2.45) is 10.7 Å². The van der Waals surface area contributed by atoms with Crippen molar-refractivity contribution in [1.29, 1.82) is 0 Å². The summed E-state index contributed by atoms with van der Waals surface area (Å²) in [5.74, 6) is 1.19. The van der Waals surface area contributed by atoms with E-state index in [2.05, 4.69) is 10.3 Å². The van der Waals surface area contributed by atoms with Gasteiger partial charge in [0.1, 0.15) is 5.75 Å². The lowest BCUT2D eigenvalue weighted by Gasteiger charge is -2.07. The Kier molecular flexibility index (Phi) is 6.44. The summed E-state index contributed by atoms with van der Waals surface area (Å²) < 4.78 is 10.5. The van der Waals surface area contributed by atoms with Crippen molar-refractivity contribution >= 4 is 11.6 Å². The van der Waals surface area contributed by atoms with Gasteiger partial charge in [-0.15, -0.1) is 0 Å². The number of ether oxygens (including phenoxy) is 2. The fraction of sp³-hybridized carbons (Fsp3) is 0.278.